The van der Waals surface area contributed by atoms with E-state index in [9.17, 15) is 4.79 Å². The van der Waals surface area contributed by atoms with Crippen LogP contribution in [-0.4, -0.2) is 26.1 Å². The molecule has 0 heterocycles. The Balaban J connectivity index is 1.94. The molecule has 19 heavy (non-hydrogen) atoms. The molecule has 2 N–H and O–H groups in total. The van der Waals surface area contributed by atoms with E-state index in [1.807, 2.05) is 25.1 Å². The zero-order valence-electron chi connectivity index (χ0n) is 11.7. The van der Waals surface area contributed by atoms with Gasteiger partial charge in [-0.25, -0.2) is 0 Å². The van der Waals surface area contributed by atoms with Gasteiger partial charge in [0.05, 0.1) is 13.2 Å². The van der Waals surface area contributed by atoms with Gasteiger partial charge in [0.2, 0.25) is 5.91 Å². The van der Waals surface area contributed by atoms with E-state index in [1.165, 1.54) is 18.4 Å². The number of benzene rings is 1. The SMILES string of the molecule is CNCC(=O)NCc1ccc(C)cc1OCC1CC1. The highest BCUT2D eigenvalue weighted by atomic mass is 16.5. The van der Waals surface area contributed by atoms with Crippen LogP contribution in [0, 0.1) is 12.8 Å². The number of aryl methyl sites for hydroxylation is 1. The van der Waals surface area contributed by atoms with E-state index in [2.05, 4.69) is 10.6 Å². The van der Waals surface area contributed by atoms with Crippen molar-refractivity contribution >= 4 is 5.91 Å². The molecule has 4 nitrogen and oxygen atoms in total. The van der Waals surface area contributed by atoms with Crippen LogP contribution in [0.1, 0.15) is 24.0 Å². The van der Waals surface area contributed by atoms with Gasteiger partial charge in [-0.3, -0.25) is 4.79 Å². The molecule has 2 rings (SSSR count). The highest BCUT2D eigenvalue weighted by Crippen LogP contribution is 2.30. The van der Waals surface area contributed by atoms with Crippen molar-refractivity contribution in [2.45, 2.75) is 26.3 Å². The van der Waals surface area contributed by atoms with Crippen molar-refractivity contribution in [1.29, 1.82) is 0 Å². The van der Waals surface area contributed by atoms with Crippen LogP contribution in [0.3, 0.4) is 0 Å². The predicted octanol–water partition coefficient (Wildman–Crippen LogP) is 1.62. The minimum atomic E-state index is -0.00350. The second kappa shape index (κ2) is 6.57. The number of carbonyl (C=O) groups is 1. The van der Waals surface area contributed by atoms with Gasteiger partial charge < -0.3 is 15.4 Å². The third-order valence-electron chi connectivity index (χ3n) is 3.21. The van der Waals surface area contributed by atoms with Gasteiger partial charge in [-0.15, -0.1) is 0 Å². The maximum Gasteiger partial charge on any atom is 0.234 e. The van der Waals surface area contributed by atoms with Gasteiger partial charge >= 0.3 is 0 Å². The summed E-state index contributed by atoms with van der Waals surface area (Å²) < 4.78 is 5.87. The van der Waals surface area contributed by atoms with E-state index in [-0.39, 0.29) is 5.91 Å². The first-order valence-electron chi connectivity index (χ1n) is 6.82. The Hall–Kier alpha value is -1.55. The molecule has 0 saturated heterocycles. The number of likely N-dealkylation sites (N-methyl/N-ethyl adjacent to an activating group) is 1. The Morgan fingerprint density at radius 2 is 2.21 bits per heavy atom. The summed E-state index contributed by atoms with van der Waals surface area (Å²) in [7, 11) is 1.76. The molecule has 1 aromatic carbocycles. The summed E-state index contributed by atoms with van der Waals surface area (Å²) in [4.78, 5) is 11.5. The van der Waals surface area contributed by atoms with Crippen molar-refractivity contribution in [3.05, 3.63) is 29.3 Å². The molecule has 1 aliphatic carbocycles. The Bertz CT molecular complexity index is 442. The number of hydrogen-bond donors (Lipinski definition) is 2. The number of nitrogens with one attached hydrogen (secondary N) is 2. The zero-order valence-corrected chi connectivity index (χ0v) is 11.7. The first kappa shape index (κ1) is 13.9. The first-order valence-corrected chi connectivity index (χ1v) is 6.82. The van der Waals surface area contributed by atoms with E-state index >= 15 is 0 Å². The normalized spacial score (nSPS) is 14.2. The van der Waals surface area contributed by atoms with E-state index < -0.39 is 0 Å². The van der Waals surface area contributed by atoms with Gasteiger partial charge in [-0.05, 0) is 44.4 Å². The fourth-order valence-electron chi connectivity index (χ4n) is 1.85. The number of carbonyl (C=O) groups excluding carboxylic acids is 1. The Morgan fingerprint density at radius 3 is 2.89 bits per heavy atom. The van der Waals surface area contributed by atoms with Gasteiger partial charge in [0, 0.05) is 12.1 Å². The summed E-state index contributed by atoms with van der Waals surface area (Å²) >= 11 is 0. The third kappa shape index (κ3) is 4.56. The van der Waals surface area contributed by atoms with Crippen molar-refractivity contribution < 1.29 is 9.53 Å². The fourth-order valence-corrected chi connectivity index (χ4v) is 1.85. The summed E-state index contributed by atoms with van der Waals surface area (Å²) in [5.74, 6) is 1.63. The maximum absolute atomic E-state index is 11.5. The van der Waals surface area contributed by atoms with Crippen molar-refractivity contribution in [3.63, 3.8) is 0 Å². The molecule has 1 aliphatic rings. The van der Waals surface area contributed by atoms with Crippen LogP contribution in [-0.2, 0) is 11.3 Å². The second-order valence-corrected chi connectivity index (χ2v) is 5.17. The van der Waals surface area contributed by atoms with Crippen LogP contribution < -0.4 is 15.4 Å². The number of amides is 1. The molecule has 0 aliphatic heterocycles. The molecule has 0 radical (unpaired) electrons. The van der Waals surface area contributed by atoms with Crippen molar-refractivity contribution in [1.82, 2.24) is 10.6 Å². The molecule has 0 spiro atoms. The van der Waals surface area contributed by atoms with E-state index in [0.717, 1.165) is 23.8 Å². The van der Waals surface area contributed by atoms with Crippen LogP contribution in [0.15, 0.2) is 18.2 Å². The number of hydrogen-bond acceptors (Lipinski definition) is 3. The van der Waals surface area contributed by atoms with Gasteiger partial charge in [-0.1, -0.05) is 12.1 Å². The molecule has 4 heteroatoms. The summed E-state index contributed by atoms with van der Waals surface area (Å²) in [5, 5.41) is 5.71. The quantitative estimate of drug-likeness (QED) is 0.785. The molecule has 0 bridgehead atoms. The van der Waals surface area contributed by atoms with Gasteiger partial charge in [0.15, 0.2) is 0 Å². The Morgan fingerprint density at radius 1 is 1.42 bits per heavy atom. The van der Waals surface area contributed by atoms with E-state index in [0.29, 0.717) is 13.1 Å². The van der Waals surface area contributed by atoms with Crippen molar-refractivity contribution in [2.75, 3.05) is 20.2 Å². The lowest BCUT2D eigenvalue weighted by Gasteiger charge is -2.13. The van der Waals surface area contributed by atoms with Crippen molar-refractivity contribution in [2.24, 2.45) is 5.92 Å². The lowest BCUT2D eigenvalue weighted by atomic mass is 10.1. The van der Waals surface area contributed by atoms with Crippen molar-refractivity contribution in [3.8, 4) is 5.75 Å². The average Bonchev–Trinajstić information content (AvgIpc) is 3.19. The first-order chi connectivity index (χ1) is 9.19. The molecule has 1 aromatic rings. The highest BCUT2D eigenvalue weighted by molar-refractivity contribution is 5.78. The summed E-state index contributed by atoms with van der Waals surface area (Å²) in [6.45, 7) is 3.69. The van der Waals surface area contributed by atoms with Crippen LogP contribution in [0.5, 0.6) is 5.75 Å². The smallest absolute Gasteiger partial charge is 0.234 e. The molecule has 104 valence electrons. The van der Waals surface area contributed by atoms with E-state index in [4.69, 9.17) is 4.74 Å². The monoisotopic (exact) mass is 262 g/mol. The standard InChI is InChI=1S/C15H22N2O2/c1-11-3-6-13(8-17-15(18)9-16-2)14(7-11)19-10-12-4-5-12/h3,6-7,12,16H,4-5,8-10H2,1-2H3,(H,17,18). The largest absolute Gasteiger partial charge is 0.493 e. The highest BCUT2D eigenvalue weighted by Gasteiger charge is 2.22. The molecule has 0 atom stereocenters. The van der Waals surface area contributed by atoms with Gasteiger partial charge in [-0.2, -0.15) is 0 Å². The summed E-state index contributed by atoms with van der Waals surface area (Å²) in [6, 6.07) is 6.11. The summed E-state index contributed by atoms with van der Waals surface area (Å²) in [5.41, 5.74) is 2.21. The minimum absolute atomic E-state index is 0.00350. The van der Waals surface area contributed by atoms with Crippen LogP contribution >= 0.6 is 0 Å². The molecule has 0 unspecified atom stereocenters. The van der Waals surface area contributed by atoms with Gasteiger partial charge in [0.25, 0.3) is 0 Å². The fraction of sp³-hybridized carbons (Fsp3) is 0.533. The van der Waals surface area contributed by atoms with Crippen LogP contribution in [0.25, 0.3) is 0 Å². The number of rotatable bonds is 7. The van der Waals surface area contributed by atoms with Gasteiger partial charge in [0.1, 0.15) is 5.75 Å². The van der Waals surface area contributed by atoms with E-state index in [1.54, 1.807) is 7.05 Å². The molecular weight excluding hydrogens is 240 g/mol. The Kier molecular flexibility index (Phi) is 4.80. The topological polar surface area (TPSA) is 50.4 Å². The molecular formula is C15H22N2O2. The molecule has 0 aromatic heterocycles. The summed E-state index contributed by atoms with van der Waals surface area (Å²) in [6.07, 6.45) is 2.56. The second-order valence-electron chi connectivity index (χ2n) is 5.17. The average molecular weight is 262 g/mol. The molecule has 1 saturated carbocycles. The Labute approximate surface area is 114 Å². The lowest BCUT2D eigenvalue weighted by Crippen LogP contribution is -2.31. The predicted molar refractivity (Wildman–Crippen MR) is 75.2 cm³/mol. The van der Waals surface area contributed by atoms with Crippen LogP contribution in [0.4, 0.5) is 0 Å². The number of ether oxygens (including phenoxy) is 1. The molecule has 1 amide bonds. The zero-order chi connectivity index (χ0) is 13.7. The third-order valence-corrected chi connectivity index (χ3v) is 3.21. The van der Waals surface area contributed by atoms with Crippen LogP contribution in [0.2, 0.25) is 0 Å². The molecule has 1 fully saturated rings. The lowest BCUT2D eigenvalue weighted by molar-refractivity contribution is -0.120. The maximum atomic E-state index is 11.5. The minimum Gasteiger partial charge on any atom is -0.493 e.